The van der Waals surface area contributed by atoms with Crippen LogP contribution < -0.4 is 5.32 Å². The van der Waals surface area contributed by atoms with Gasteiger partial charge >= 0.3 is 0 Å². The highest BCUT2D eigenvalue weighted by Crippen LogP contribution is 2.31. The van der Waals surface area contributed by atoms with Gasteiger partial charge in [0.25, 0.3) is 0 Å². The van der Waals surface area contributed by atoms with E-state index in [9.17, 15) is 0 Å². The summed E-state index contributed by atoms with van der Waals surface area (Å²) in [6, 6.07) is 0. The zero-order chi connectivity index (χ0) is 11.6. The second kappa shape index (κ2) is 4.53. The molecule has 0 amide bonds. The smallest absolute Gasteiger partial charge is 0.140 e. The molecule has 4 heteroatoms. The van der Waals surface area contributed by atoms with Crippen LogP contribution in [-0.2, 0) is 13.1 Å². The second-order valence-corrected chi connectivity index (χ2v) is 5.52. The van der Waals surface area contributed by atoms with Crippen molar-refractivity contribution in [3.63, 3.8) is 0 Å². The van der Waals surface area contributed by atoms with Crippen LogP contribution in [0, 0.1) is 5.92 Å². The molecule has 0 aromatic carbocycles. The first kappa shape index (κ1) is 11.6. The van der Waals surface area contributed by atoms with Crippen molar-refractivity contribution in [1.29, 1.82) is 0 Å². The monoisotopic (exact) mass is 222 g/mol. The van der Waals surface area contributed by atoms with Crippen LogP contribution in [0.1, 0.15) is 45.9 Å². The zero-order valence-electron chi connectivity index (χ0n) is 10.5. The first-order valence-electron chi connectivity index (χ1n) is 6.21. The van der Waals surface area contributed by atoms with E-state index >= 15 is 0 Å². The van der Waals surface area contributed by atoms with Crippen LogP contribution in [0.5, 0.6) is 0 Å². The van der Waals surface area contributed by atoms with Crippen LogP contribution in [0.25, 0.3) is 0 Å². The summed E-state index contributed by atoms with van der Waals surface area (Å²) in [5.74, 6) is 1.67. The first-order valence-corrected chi connectivity index (χ1v) is 6.21. The van der Waals surface area contributed by atoms with E-state index in [0.29, 0.717) is 11.5 Å². The molecule has 16 heavy (non-hydrogen) atoms. The third kappa shape index (κ3) is 2.61. The Kier molecular flexibility index (Phi) is 3.28. The topological polar surface area (TPSA) is 42.7 Å². The fraction of sp³-hybridized carbons (Fsp3) is 0.833. The second-order valence-electron chi connectivity index (χ2n) is 5.52. The Morgan fingerprint density at radius 1 is 1.50 bits per heavy atom. The number of aromatic nitrogens is 3. The van der Waals surface area contributed by atoms with Crippen molar-refractivity contribution >= 4 is 0 Å². The summed E-state index contributed by atoms with van der Waals surface area (Å²) in [5, 5.41) is 7.85. The molecule has 1 fully saturated rings. The summed E-state index contributed by atoms with van der Waals surface area (Å²) in [4.78, 5) is 4.32. The molecule has 1 aliphatic rings. The van der Waals surface area contributed by atoms with Gasteiger partial charge in [-0.3, -0.25) is 0 Å². The van der Waals surface area contributed by atoms with Crippen molar-refractivity contribution in [3.05, 3.63) is 12.2 Å². The van der Waals surface area contributed by atoms with E-state index in [1.165, 1.54) is 19.3 Å². The van der Waals surface area contributed by atoms with E-state index in [2.05, 4.69) is 36.2 Å². The molecule has 4 nitrogen and oxygen atoms in total. The number of hydrogen-bond donors (Lipinski definition) is 1. The van der Waals surface area contributed by atoms with Crippen molar-refractivity contribution in [2.45, 2.75) is 58.7 Å². The Morgan fingerprint density at radius 3 is 2.81 bits per heavy atom. The summed E-state index contributed by atoms with van der Waals surface area (Å²) < 4.78 is 2.01. The van der Waals surface area contributed by atoms with Gasteiger partial charge in [-0.15, -0.1) is 0 Å². The molecule has 1 saturated carbocycles. The predicted octanol–water partition coefficient (Wildman–Crippen LogP) is 1.97. The minimum absolute atomic E-state index is 0.342. The van der Waals surface area contributed by atoms with Crippen molar-refractivity contribution < 1.29 is 0 Å². The van der Waals surface area contributed by atoms with Gasteiger partial charge in [0.05, 0.1) is 6.54 Å². The Labute approximate surface area is 97.5 Å². The summed E-state index contributed by atoms with van der Waals surface area (Å²) in [6.07, 6.45) is 5.57. The van der Waals surface area contributed by atoms with Gasteiger partial charge in [-0.25, -0.2) is 9.67 Å². The largest absolute Gasteiger partial charge is 0.305 e. The molecule has 90 valence electrons. The molecule has 1 aliphatic carbocycles. The molecule has 0 radical (unpaired) electrons. The summed E-state index contributed by atoms with van der Waals surface area (Å²) in [6.45, 7) is 8.48. The van der Waals surface area contributed by atoms with Gasteiger partial charge in [0, 0.05) is 12.1 Å². The molecule has 1 aromatic rings. The van der Waals surface area contributed by atoms with Crippen molar-refractivity contribution in [2.75, 3.05) is 0 Å². The number of hydrogen-bond acceptors (Lipinski definition) is 3. The molecule has 0 saturated heterocycles. The molecular formula is C12H22N4. The fourth-order valence-electron chi connectivity index (χ4n) is 2.10. The van der Waals surface area contributed by atoms with Crippen LogP contribution in [0.15, 0.2) is 6.33 Å². The lowest BCUT2D eigenvalue weighted by Gasteiger charge is -2.39. The lowest BCUT2D eigenvalue weighted by atomic mass is 9.78. The Bertz CT molecular complexity index is 339. The molecule has 1 heterocycles. The van der Waals surface area contributed by atoms with Crippen molar-refractivity contribution in [3.8, 4) is 0 Å². The average molecular weight is 222 g/mol. The molecule has 0 atom stereocenters. The molecule has 0 aliphatic heterocycles. The summed E-state index contributed by atoms with van der Waals surface area (Å²) in [7, 11) is 0. The molecule has 1 N–H and O–H groups in total. The summed E-state index contributed by atoms with van der Waals surface area (Å²) in [5.41, 5.74) is 0.342. The molecule has 0 bridgehead atoms. The lowest BCUT2D eigenvalue weighted by molar-refractivity contribution is 0.203. The van der Waals surface area contributed by atoms with Crippen LogP contribution in [0.4, 0.5) is 0 Å². The SMILES string of the molecule is CC(C)Cn1ncnc1CNC1(C)CCC1. The van der Waals surface area contributed by atoms with Gasteiger partial charge in [-0.2, -0.15) is 5.10 Å². The Hall–Kier alpha value is -0.900. The molecule has 1 aromatic heterocycles. The zero-order valence-corrected chi connectivity index (χ0v) is 10.5. The highest BCUT2D eigenvalue weighted by molar-refractivity contribution is 4.94. The van der Waals surface area contributed by atoms with Crippen LogP contribution in [-0.4, -0.2) is 20.3 Å². The van der Waals surface area contributed by atoms with Gasteiger partial charge < -0.3 is 5.32 Å². The van der Waals surface area contributed by atoms with Gasteiger partial charge in [-0.1, -0.05) is 13.8 Å². The van der Waals surface area contributed by atoms with E-state index in [1.54, 1.807) is 6.33 Å². The summed E-state index contributed by atoms with van der Waals surface area (Å²) >= 11 is 0. The number of rotatable bonds is 5. The molecule has 2 rings (SSSR count). The van der Waals surface area contributed by atoms with Gasteiger partial charge in [-0.05, 0) is 32.1 Å². The van der Waals surface area contributed by atoms with Crippen molar-refractivity contribution in [2.24, 2.45) is 5.92 Å². The number of nitrogens with one attached hydrogen (secondary N) is 1. The highest BCUT2D eigenvalue weighted by atomic mass is 15.3. The van der Waals surface area contributed by atoms with Crippen LogP contribution in [0.2, 0.25) is 0 Å². The maximum Gasteiger partial charge on any atom is 0.140 e. The maximum absolute atomic E-state index is 4.32. The number of nitrogens with zero attached hydrogens (tertiary/aromatic N) is 3. The fourth-order valence-corrected chi connectivity index (χ4v) is 2.10. The minimum Gasteiger partial charge on any atom is -0.305 e. The Balaban J connectivity index is 1.91. The normalized spacial score (nSPS) is 18.8. The molecule has 0 spiro atoms. The van der Waals surface area contributed by atoms with Crippen LogP contribution >= 0.6 is 0 Å². The van der Waals surface area contributed by atoms with Gasteiger partial charge in [0.15, 0.2) is 0 Å². The third-order valence-electron chi connectivity index (χ3n) is 3.36. The lowest BCUT2D eigenvalue weighted by Crippen LogP contribution is -2.47. The molecule has 0 unspecified atom stereocenters. The van der Waals surface area contributed by atoms with Crippen molar-refractivity contribution in [1.82, 2.24) is 20.1 Å². The predicted molar refractivity (Wildman–Crippen MR) is 64.0 cm³/mol. The van der Waals surface area contributed by atoms with E-state index < -0.39 is 0 Å². The maximum atomic E-state index is 4.32. The standard InChI is InChI=1S/C12H22N4/c1-10(2)8-16-11(13-9-15-16)7-14-12(3)5-4-6-12/h9-10,14H,4-8H2,1-3H3. The van der Waals surface area contributed by atoms with E-state index in [1.807, 2.05) is 4.68 Å². The highest BCUT2D eigenvalue weighted by Gasteiger charge is 2.31. The first-order chi connectivity index (χ1) is 7.59. The Morgan fingerprint density at radius 2 is 2.25 bits per heavy atom. The van der Waals surface area contributed by atoms with Gasteiger partial charge in [0.1, 0.15) is 12.2 Å². The van der Waals surface area contributed by atoms with Gasteiger partial charge in [0.2, 0.25) is 0 Å². The van der Waals surface area contributed by atoms with E-state index in [0.717, 1.165) is 18.9 Å². The average Bonchev–Trinajstić information content (AvgIpc) is 2.58. The quantitative estimate of drug-likeness (QED) is 0.828. The van der Waals surface area contributed by atoms with Crippen LogP contribution in [0.3, 0.4) is 0 Å². The van der Waals surface area contributed by atoms with E-state index in [-0.39, 0.29) is 0 Å². The molecular weight excluding hydrogens is 200 g/mol. The minimum atomic E-state index is 0.342. The third-order valence-corrected chi connectivity index (χ3v) is 3.36. The van der Waals surface area contributed by atoms with E-state index in [4.69, 9.17) is 0 Å².